The molecule has 0 amide bonds. The van der Waals surface area contributed by atoms with Crippen LogP contribution in [0.1, 0.15) is 5.56 Å². The summed E-state index contributed by atoms with van der Waals surface area (Å²) in [6, 6.07) is 27.6. The normalized spacial score (nSPS) is 10.9. The average molecular weight is 392 g/mol. The Labute approximate surface area is 154 Å². The molecule has 3 heteroatoms. The van der Waals surface area contributed by atoms with E-state index in [4.69, 9.17) is 4.74 Å². The third-order valence-corrected chi connectivity index (χ3v) is 6.40. The van der Waals surface area contributed by atoms with Crippen LogP contribution < -0.4 is 13.7 Å². The Morgan fingerprint density at radius 1 is 0.840 bits per heavy atom. The van der Waals surface area contributed by atoms with E-state index in [1.165, 1.54) is 25.4 Å². The number of rotatable bonds is 5. The third kappa shape index (κ3) is 3.34. The molecule has 0 unspecified atom stereocenters. The summed E-state index contributed by atoms with van der Waals surface area (Å²) in [4.78, 5) is 0. The second-order valence-corrected chi connectivity index (χ2v) is 8.22. The van der Waals surface area contributed by atoms with Crippen LogP contribution in [0.25, 0.3) is 10.9 Å². The number of fused-ring (bicyclic) bond motifs is 1. The fourth-order valence-corrected chi connectivity index (χ4v) is 5.23. The molecular formula is C22H19NOSe. The summed E-state index contributed by atoms with van der Waals surface area (Å²) in [5, 5.41) is 1.24. The maximum atomic E-state index is 5.67. The summed E-state index contributed by atoms with van der Waals surface area (Å²) in [6.45, 7) is 0.870. The van der Waals surface area contributed by atoms with E-state index in [-0.39, 0.29) is 15.0 Å². The van der Waals surface area contributed by atoms with Crippen molar-refractivity contribution in [2.75, 3.05) is 7.11 Å². The zero-order chi connectivity index (χ0) is 17.1. The van der Waals surface area contributed by atoms with Crippen LogP contribution in [-0.2, 0) is 6.54 Å². The van der Waals surface area contributed by atoms with Gasteiger partial charge in [-0.1, -0.05) is 0 Å². The number of benzene rings is 3. The van der Waals surface area contributed by atoms with Crippen molar-refractivity contribution in [3.8, 4) is 5.75 Å². The SMILES string of the molecule is COc1cccc2c1c([Se]c1ccccc1)cn2Cc1ccccc1. The molecule has 0 spiro atoms. The molecule has 0 radical (unpaired) electrons. The molecule has 0 saturated carbocycles. The van der Waals surface area contributed by atoms with Crippen LogP contribution in [0.3, 0.4) is 0 Å². The predicted octanol–water partition coefficient (Wildman–Crippen LogP) is 3.35. The van der Waals surface area contributed by atoms with Crippen molar-refractivity contribution >= 4 is 34.8 Å². The van der Waals surface area contributed by atoms with E-state index in [1.807, 2.05) is 0 Å². The Kier molecular flexibility index (Phi) is 4.60. The molecule has 4 rings (SSSR count). The molecule has 4 aromatic rings. The molecule has 0 atom stereocenters. The van der Waals surface area contributed by atoms with E-state index in [0.717, 1.165) is 12.3 Å². The summed E-state index contributed by atoms with van der Waals surface area (Å²) in [6.07, 6.45) is 2.30. The minimum absolute atomic E-state index is 0.246. The number of aromatic nitrogens is 1. The second kappa shape index (κ2) is 7.18. The molecule has 0 N–H and O–H groups in total. The van der Waals surface area contributed by atoms with Crippen LogP contribution in [-0.4, -0.2) is 26.6 Å². The Morgan fingerprint density at radius 2 is 1.56 bits per heavy atom. The fraction of sp³-hybridized carbons (Fsp3) is 0.0909. The number of hydrogen-bond acceptors (Lipinski definition) is 1. The topological polar surface area (TPSA) is 14.2 Å². The third-order valence-electron chi connectivity index (χ3n) is 4.22. The van der Waals surface area contributed by atoms with Gasteiger partial charge in [0.2, 0.25) is 0 Å². The van der Waals surface area contributed by atoms with Gasteiger partial charge in [0, 0.05) is 0 Å². The van der Waals surface area contributed by atoms with E-state index in [9.17, 15) is 0 Å². The minimum atomic E-state index is 0.246. The standard InChI is InChI=1S/C22H19NOSe/c1-24-20-14-8-13-19-22(20)21(25-18-11-6-3-7-12-18)16-23(19)15-17-9-4-2-5-10-17/h2-14,16H,15H2,1H3. The van der Waals surface area contributed by atoms with Gasteiger partial charge in [-0.25, -0.2) is 0 Å². The first-order chi connectivity index (χ1) is 12.3. The molecule has 2 nitrogen and oxygen atoms in total. The van der Waals surface area contributed by atoms with Crippen LogP contribution in [0.2, 0.25) is 0 Å². The number of methoxy groups -OCH3 is 1. The summed E-state index contributed by atoms with van der Waals surface area (Å²) in [5.74, 6) is 0.956. The van der Waals surface area contributed by atoms with Gasteiger partial charge in [-0.2, -0.15) is 0 Å². The van der Waals surface area contributed by atoms with Gasteiger partial charge < -0.3 is 0 Å². The van der Waals surface area contributed by atoms with Gasteiger partial charge in [-0.05, 0) is 0 Å². The Hall–Kier alpha value is -2.48. The Balaban J connectivity index is 1.81. The summed E-state index contributed by atoms with van der Waals surface area (Å²) in [7, 11) is 1.75. The first kappa shape index (κ1) is 16.0. The van der Waals surface area contributed by atoms with Crippen LogP contribution in [0.5, 0.6) is 5.75 Å². The van der Waals surface area contributed by atoms with Gasteiger partial charge in [-0.15, -0.1) is 0 Å². The van der Waals surface area contributed by atoms with Gasteiger partial charge in [0.25, 0.3) is 0 Å². The van der Waals surface area contributed by atoms with E-state index >= 15 is 0 Å². The van der Waals surface area contributed by atoms with Gasteiger partial charge >= 0.3 is 154 Å². The molecule has 0 saturated heterocycles. The zero-order valence-corrected chi connectivity index (χ0v) is 15.8. The summed E-state index contributed by atoms with van der Waals surface area (Å²) >= 11 is 0.246. The zero-order valence-electron chi connectivity index (χ0n) is 14.1. The van der Waals surface area contributed by atoms with Gasteiger partial charge in [-0.3, -0.25) is 0 Å². The molecule has 1 heterocycles. The molecule has 0 bridgehead atoms. The molecule has 0 aliphatic heterocycles. The van der Waals surface area contributed by atoms with E-state index in [1.54, 1.807) is 7.11 Å². The Bertz CT molecular complexity index is 977. The van der Waals surface area contributed by atoms with E-state index < -0.39 is 0 Å². The molecule has 3 aromatic carbocycles. The van der Waals surface area contributed by atoms with Crippen molar-refractivity contribution in [1.82, 2.24) is 4.57 Å². The van der Waals surface area contributed by atoms with Crippen molar-refractivity contribution in [3.63, 3.8) is 0 Å². The van der Waals surface area contributed by atoms with Crippen LogP contribution in [0.4, 0.5) is 0 Å². The van der Waals surface area contributed by atoms with Gasteiger partial charge in [0.1, 0.15) is 0 Å². The quantitative estimate of drug-likeness (QED) is 0.475. The van der Waals surface area contributed by atoms with Gasteiger partial charge in [0.05, 0.1) is 0 Å². The van der Waals surface area contributed by atoms with E-state index in [2.05, 4.69) is 89.6 Å². The van der Waals surface area contributed by atoms with Crippen molar-refractivity contribution in [2.45, 2.75) is 6.54 Å². The summed E-state index contributed by atoms with van der Waals surface area (Å²) < 4.78 is 10.7. The molecule has 0 aliphatic carbocycles. The predicted molar refractivity (Wildman–Crippen MR) is 105 cm³/mol. The van der Waals surface area contributed by atoms with Crippen LogP contribution >= 0.6 is 0 Å². The average Bonchev–Trinajstić information content (AvgIpc) is 3.01. The van der Waals surface area contributed by atoms with Crippen LogP contribution in [0, 0.1) is 0 Å². The number of nitrogens with zero attached hydrogens (tertiary/aromatic N) is 1. The maximum absolute atomic E-state index is 5.67. The molecule has 0 aliphatic rings. The Morgan fingerprint density at radius 3 is 2.28 bits per heavy atom. The monoisotopic (exact) mass is 393 g/mol. The number of hydrogen-bond donors (Lipinski definition) is 0. The molecule has 124 valence electrons. The second-order valence-electron chi connectivity index (χ2n) is 5.88. The molecule has 0 fully saturated rings. The molecule has 1 aromatic heterocycles. The van der Waals surface area contributed by atoms with Crippen molar-refractivity contribution in [1.29, 1.82) is 0 Å². The van der Waals surface area contributed by atoms with Crippen molar-refractivity contribution < 1.29 is 4.74 Å². The first-order valence-electron chi connectivity index (χ1n) is 8.28. The molecule has 25 heavy (non-hydrogen) atoms. The number of ether oxygens (including phenoxy) is 1. The molecular weight excluding hydrogens is 373 g/mol. The van der Waals surface area contributed by atoms with Crippen molar-refractivity contribution in [3.05, 3.63) is 90.6 Å². The van der Waals surface area contributed by atoms with Crippen LogP contribution in [0.15, 0.2) is 85.1 Å². The van der Waals surface area contributed by atoms with Gasteiger partial charge in [0.15, 0.2) is 0 Å². The van der Waals surface area contributed by atoms with Crippen molar-refractivity contribution in [2.24, 2.45) is 0 Å². The van der Waals surface area contributed by atoms with E-state index in [0.29, 0.717) is 0 Å². The first-order valence-corrected chi connectivity index (χ1v) is 9.99. The summed E-state index contributed by atoms with van der Waals surface area (Å²) in [5.41, 5.74) is 2.54. The fourth-order valence-electron chi connectivity index (χ4n) is 3.06.